The third-order valence-corrected chi connectivity index (χ3v) is 3.29. The minimum atomic E-state index is -0.790. The zero-order valence-electron chi connectivity index (χ0n) is 8.93. The standard InChI is InChI=1S/C12H10N2O3/c15-10-6-13-9-5-7(1-2-8(9)14-10)12(3-4-12)11(16)17/h1-2,5-6H,3-4H2,(H,14,15)(H,16,17). The number of nitrogens with one attached hydrogen (secondary N) is 1. The molecule has 2 aromatic rings. The molecule has 0 unspecified atom stereocenters. The lowest BCUT2D eigenvalue weighted by Gasteiger charge is -2.10. The van der Waals surface area contributed by atoms with Crippen LogP contribution in [0.1, 0.15) is 18.4 Å². The number of aliphatic carboxylic acids is 1. The summed E-state index contributed by atoms with van der Waals surface area (Å²) in [7, 11) is 0. The number of carboxylic acid groups (broad SMARTS) is 1. The van der Waals surface area contributed by atoms with Gasteiger partial charge in [-0.3, -0.25) is 9.59 Å². The molecule has 0 atom stereocenters. The first-order valence-electron chi connectivity index (χ1n) is 5.35. The lowest BCUT2D eigenvalue weighted by atomic mass is 9.96. The van der Waals surface area contributed by atoms with Crippen LogP contribution < -0.4 is 5.56 Å². The fourth-order valence-corrected chi connectivity index (χ4v) is 2.09. The third-order valence-electron chi connectivity index (χ3n) is 3.29. The van der Waals surface area contributed by atoms with Gasteiger partial charge in [0, 0.05) is 0 Å². The summed E-state index contributed by atoms with van der Waals surface area (Å²) in [5.74, 6) is -0.790. The third kappa shape index (κ3) is 1.43. The van der Waals surface area contributed by atoms with Crippen LogP contribution in [0, 0.1) is 0 Å². The Bertz CT molecular complexity index is 671. The number of carboxylic acids is 1. The van der Waals surface area contributed by atoms with E-state index in [-0.39, 0.29) is 5.56 Å². The molecule has 86 valence electrons. The number of rotatable bonds is 2. The van der Waals surface area contributed by atoms with E-state index in [1.54, 1.807) is 18.2 Å². The summed E-state index contributed by atoms with van der Waals surface area (Å²) in [5.41, 5.74) is 1.02. The predicted octanol–water partition coefficient (Wildman–Crippen LogP) is 1.04. The van der Waals surface area contributed by atoms with Gasteiger partial charge in [0.1, 0.15) is 0 Å². The van der Waals surface area contributed by atoms with Crippen molar-refractivity contribution >= 4 is 17.0 Å². The average Bonchev–Trinajstić information content (AvgIpc) is 3.09. The normalized spacial score (nSPS) is 16.9. The van der Waals surface area contributed by atoms with E-state index in [0.29, 0.717) is 23.9 Å². The Balaban J connectivity index is 2.18. The molecule has 0 aliphatic heterocycles. The molecule has 1 aliphatic rings. The second-order valence-electron chi connectivity index (χ2n) is 4.37. The van der Waals surface area contributed by atoms with Crippen molar-refractivity contribution in [3.63, 3.8) is 0 Å². The van der Waals surface area contributed by atoms with Gasteiger partial charge in [0.15, 0.2) is 0 Å². The molecule has 0 bridgehead atoms. The molecule has 1 saturated carbocycles. The van der Waals surface area contributed by atoms with Gasteiger partial charge in [-0.25, -0.2) is 4.98 Å². The highest BCUT2D eigenvalue weighted by Crippen LogP contribution is 2.48. The molecule has 1 aromatic carbocycles. The van der Waals surface area contributed by atoms with Crippen LogP contribution in [0.2, 0.25) is 0 Å². The minimum Gasteiger partial charge on any atom is -0.481 e. The minimum absolute atomic E-state index is 0.260. The van der Waals surface area contributed by atoms with Gasteiger partial charge in [-0.05, 0) is 30.5 Å². The Kier molecular flexibility index (Phi) is 1.86. The monoisotopic (exact) mass is 230 g/mol. The Morgan fingerprint density at radius 1 is 1.41 bits per heavy atom. The van der Waals surface area contributed by atoms with Crippen molar-refractivity contribution in [2.75, 3.05) is 0 Å². The Morgan fingerprint density at radius 3 is 2.82 bits per heavy atom. The van der Waals surface area contributed by atoms with Gasteiger partial charge in [0.05, 0.1) is 22.6 Å². The van der Waals surface area contributed by atoms with Crippen LogP contribution in [0.4, 0.5) is 0 Å². The summed E-state index contributed by atoms with van der Waals surface area (Å²) in [6.45, 7) is 0. The maximum Gasteiger partial charge on any atom is 0.314 e. The van der Waals surface area contributed by atoms with Crippen LogP contribution in [-0.2, 0) is 10.2 Å². The number of fused-ring (bicyclic) bond motifs is 1. The van der Waals surface area contributed by atoms with Gasteiger partial charge in [0.2, 0.25) is 0 Å². The maximum absolute atomic E-state index is 11.2. The maximum atomic E-state index is 11.2. The van der Waals surface area contributed by atoms with Crippen molar-refractivity contribution < 1.29 is 9.90 Å². The fourth-order valence-electron chi connectivity index (χ4n) is 2.09. The van der Waals surface area contributed by atoms with E-state index in [9.17, 15) is 14.7 Å². The van der Waals surface area contributed by atoms with Crippen LogP contribution in [0.5, 0.6) is 0 Å². The molecular weight excluding hydrogens is 220 g/mol. The Hall–Kier alpha value is -2.17. The van der Waals surface area contributed by atoms with Crippen LogP contribution >= 0.6 is 0 Å². The molecule has 0 spiro atoms. The molecule has 0 amide bonds. The Labute approximate surface area is 96.1 Å². The Morgan fingerprint density at radius 2 is 2.18 bits per heavy atom. The van der Waals surface area contributed by atoms with Gasteiger partial charge in [0.25, 0.3) is 5.56 Å². The van der Waals surface area contributed by atoms with E-state index < -0.39 is 11.4 Å². The van der Waals surface area contributed by atoms with Crippen molar-refractivity contribution in [2.24, 2.45) is 0 Å². The summed E-state index contributed by atoms with van der Waals surface area (Å²) in [6.07, 6.45) is 2.53. The zero-order chi connectivity index (χ0) is 12.0. The molecule has 1 aromatic heterocycles. The number of benzene rings is 1. The number of nitrogens with zero attached hydrogens (tertiary/aromatic N) is 1. The molecule has 2 N–H and O–H groups in total. The molecular formula is C12H10N2O3. The number of aromatic nitrogens is 2. The average molecular weight is 230 g/mol. The highest BCUT2D eigenvalue weighted by atomic mass is 16.4. The molecule has 1 heterocycles. The second kappa shape index (κ2) is 3.16. The van der Waals surface area contributed by atoms with Crippen molar-refractivity contribution in [3.8, 4) is 0 Å². The van der Waals surface area contributed by atoms with Gasteiger partial charge in [-0.15, -0.1) is 0 Å². The van der Waals surface area contributed by atoms with Gasteiger partial charge < -0.3 is 10.1 Å². The van der Waals surface area contributed by atoms with Crippen LogP contribution in [0.25, 0.3) is 11.0 Å². The van der Waals surface area contributed by atoms with E-state index >= 15 is 0 Å². The summed E-state index contributed by atoms with van der Waals surface area (Å²) < 4.78 is 0. The molecule has 5 heteroatoms. The summed E-state index contributed by atoms with van der Waals surface area (Å²) >= 11 is 0. The van der Waals surface area contributed by atoms with E-state index in [1.165, 1.54) is 6.20 Å². The van der Waals surface area contributed by atoms with E-state index in [2.05, 4.69) is 9.97 Å². The first-order chi connectivity index (χ1) is 8.12. The number of aromatic amines is 1. The van der Waals surface area contributed by atoms with Crippen molar-refractivity contribution in [3.05, 3.63) is 40.3 Å². The molecule has 5 nitrogen and oxygen atoms in total. The van der Waals surface area contributed by atoms with Crippen LogP contribution in [-0.4, -0.2) is 21.0 Å². The van der Waals surface area contributed by atoms with Crippen molar-refractivity contribution in [2.45, 2.75) is 18.3 Å². The van der Waals surface area contributed by atoms with Crippen LogP contribution in [0.15, 0.2) is 29.2 Å². The first-order valence-corrected chi connectivity index (χ1v) is 5.35. The molecule has 0 radical (unpaired) electrons. The highest BCUT2D eigenvalue weighted by Gasteiger charge is 2.51. The lowest BCUT2D eigenvalue weighted by molar-refractivity contribution is -0.140. The summed E-state index contributed by atoms with van der Waals surface area (Å²) in [5, 5.41) is 9.20. The number of hydrogen-bond donors (Lipinski definition) is 2. The second-order valence-corrected chi connectivity index (χ2v) is 4.37. The SMILES string of the molecule is O=C(O)C1(c2ccc3[nH]c(=O)cnc3c2)CC1. The van der Waals surface area contributed by atoms with E-state index in [0.717, 1.165) is 5.56 Å². The van der Waals surface area contributed by atoms with Crippen LogP contribution in [0.3, 0.4) is 0 Å². The highest BCUT2D eigenvalue weighted by molar-refractivity contribution is 5.87. The largest absolute Gasteiger partial charge is 0.481 e. The molecule has 1 fully saturated rings. The molecule has 0 saturated heterocycles. The van der Waals surface area contributed by atoms with E-state index in [1.807, 2.05) is 0 Å². The van der Waals surface area contributed by atoms with Crippen molar-refractivity contribution in [1.82, 2.24) is 9.97 Å². The topological polar surface area (TPSA) is 83.0 Å². The first kappa shape index (κ1) is 10.0. The quantitative estimate of drug-likeness (QED) is 0.807. The molecule has 3 rings (SSSR count). The fraction of sp³-hybridized carbons (Fsp3) is 0.250. The predicted molar refractivity (Wildman–Crippen MR) is 60.9 cm³/mol. The number of hydrogen-bond acceptors (Lipinski definition) is 3. The number of H-pyrrole nitrogens is 1. The van der Waals surface area contributed by atoms with Gasteiger partial charge in [-0.1, -0.05) is 6.07 Å². The lowest BCUT2D eigenvalue weighted by Crippen LogP contribution is -2.19. The number of carbonyl (C=O) groups is 1. The van der Waals surface area contributed by atoms with Crippen molar-refractivity contribution in [1.29, 1.82) is 0 Å². The van der Waals surface area contributed by atoms with Gasteiger partial charge >= 0.3 is 5.97 Å². The van der Waals surface area contributed by atoms with E-state index in [4.69, 9.17) is 0 Å². The summed E-state index contributed by atoms with van der Waals surface area (Å²) in [4.78, 5) is 28.9. The van der Waals surface area contributed by atoms with Gasteiger partial charge in [-0.2, -0.15) is 0 Å². The zero-order valence-corrected chi connectivity index (χ0v) is 8.93. The smallest absolute Gasteiger partial charge is 0.314 e. The molecule has 1 aliphatic carbocycles. The molecule has 17 heavy (non-hydrogen) atoms. The summed E-state index contributed by atoms with van der Waals surface area (Å²) in [6, 6.07) is 5.20.